The van der Waals surface area contributed by atoms with Crippen LogP contribution >= 0.6 is 0 Å². The Morgan fingerprint density at radius 1 is 1.24 bits per heavy atom. The zero-order valence-corrected chi connectivity index (χ0v) is 9.97. The third-order valence-corrected chi connectivity index (χ3v) is 3.87. The van der Waals surface area contributed by atoms with Crippen LogP contribution in [0.15, 0.2) is 36.5 Å². The third kappa shape index (κ3) is 2.05. The summed E-state index contributed by atoms with van der Waals surface area (Å²) in [6.45, 7) is 0. The smallest absolute Gasteiger partial charge is 0.0649 e. The number of nitrogens with zero attached hydrogens (tertiary/aromatic N) is 1. The molecule has 0 bridgehead atoms. The van der Waals surface area contributed by atoms with Crippen LogP contribution in [0.2, 0.25) is 0 Å². The average molecular weight is 226 g/mol. The molecule has 0 amide bonds. The van der Waals surface area contributed by atoms with Crippen LogP contribution in [0.3, 0.4) is 0 Å². The van der Waals surface area contributed by atoms with Crippen molar-refractivity contribution in [2.45, 2.75) is 31.7 Å². The van der Waals surface area contributed by atoms with Gasteiger partial charge in [-0.2, -0.15) is 0 Å². The maximum Gasteiger partial charge on any atom is 0.0649 e. The monoisotopic (exact) mass is 226 g/mol. The molecule has 1 aliphatic carbocycles. The molecule has 2 heteroatoms. The first-order valence-electron chi connectivity index (χ1n) is 6.44. The van der Waals surface area contributed by atoms with E-state index >= 15 is 0 Å². The van der Waals surface area contributed by atoms with Gasteiger partial charge in [0.2, 0.25) is 0 Å². The Hall–Kier alpha value is -1.41. The summed E-state index contributed by atoms with van der Waals surface area (Å²) in [6.07, 6.45) is 7.02. The molecule has 88 valence electrons. The van der Waals surface area contributed by atoms with E-state index in [0.717, 1.165) is 18.0 Å². The number of rotatable bonds is 3. The number of nitrogens with two attached hydrogens (primary N) is 1. The lowest BCUT2D eigenvalue weighted by atomic mass is 9.80. The van der Waals surface area contributed by atoms with Crippen LogP contribution in [0.1, 0.15) is 37.4 Å². The normalized spacial score (nSPS) is 17.9. The lowest BCUT2D eigenvalue weighted by molar-refractivity contribution is 0.276. The van der Waals surface area contributed by atoms with Crippen molar-refractivity contribution >= 4 is 10.8 Å². The molecule has 1 aromatic heterocycles. The molecule has 2 N–H and O–H groups in total. The van der Waals surface area contributed by atoms with Crippen molar-refractivity contribution in [3.05, 3.63) is 42.2 Å². The Morgan fingerprint density at radius 3 is 2.82 bits per heavy atom. The van der Waals surface area contributed by atoms with Gasteiger partial charge in [-0.05, 0) is 23.8 Å². The second-order valence-corrected chi connectivity index (χ2v) is 5.06. The first kappa shape index (κ1) is 10.7. The lowest BCUT2D eigenvalue weighted by Gasteiger charge is -2.28. The van der Waals surface area contributed by atoms with E-state index in [4.69, 9.17) is 5.73 Å². The van der Waals surface area contributed by atoms with Crippen LogP contribution < -0.4 is 5.73 Å². The maximum absolute atomic E-state index is 6.31. The Balaban J connectivity index is 1.92. The molecule has 3 rings (SSSR count). The van der Waals surface area contributed by atoms with E-state index in [1.807, 2.05) is 6.20 Å². The quantitative estimate of drug-likeness (QED) is 0.870. The van der Waals surface area contributed by atoms with E-state index in [1.54, 1.807) is 0 Å². The van der Waals surface area contributed by atoms with Gasteiger partial charge in [-0.1, -0.05) is 43.5 Å². The second kappa shape index (κ2) is 4.46. The fraction of sp³-hybridized carbons (Fsp3) is 0.400. The molecule has 17 heavy (non-hydrogen) atoms. The van der Waals surface area contributed by atoms with Crippen molar-refractivity contribution in [3.8, 4) is 0 Å². The van der Waals surface area contributed by atoms with Gasteiger partial charge >= 0.3 is 0 Å². The summed E-state index contributed by atoms with van der Waals surface area (Å²) in [7, 11) is 0. The Bertz CT molecular complexity index is 512. The minimum absolute atomic E-state index is 0.0893. The summed E-state index contributed by atoms with van der Waals surface area (Å²) < 4.78 is 0. The highest BCUT2D eigenvalue weighted by Crippen LogP contribution is 2.34. The predicted octanol–water partition coefficient (Wildman–Crippen LogP) is 3.42. The number of pyridine rings is 1. The van der Waals surface area contributed by atoms with Gasteiger partial charge in [-0.25, -0.2) is 0 Å². The molecule has 0 saturated heterocycles. The molecule has 2 aromatic rings. The highest BCUT2D eigenvalue weighted by Gasteiger charge is 2.22. The average Bonchev–Trinajstić information content (AvgIpc) is 2.33. The lowest BCUT2D eigenvalue weighted by Crippen LogP contribution is -2.21. The zero-order valence-electron chi connectivity index (χ0n) is 9.97. The number of benzene rings is 1. The van der Waals surface area contributed by atoms with Crippen LogP contribution in [0, 0.1) is 5.92 Å². The van der Waals surface area contributed by atoms with Gasteiger partial charge in [0.05, 0.1) is 5.69 Å². The Kier molecular flexibility index (Phi) is 2.81. The summed E-state index contributed by atoms with van der Waals surface area (Å²) in [4.78, 5) is 4.49. The molecule has 2 nitrogen and oxygen atoms in total. The fourth-order valence-corrected chi connectivity index (χ4v) is 2.64. The van der Waals surface area contributed by atoms with Gasteiger partial charge in [0.15, 0.2) is 0 Å². The molecule has 0 aliphatic heterocycles. The van der Waals surface area contributed by atoms with E-state index in [-0.39, 0.29) is 6.04 Å². The summed E-state index contributed by atoms with van der Waals surface area (Å²) in [5.74, 6) is 0.825. The van der Waals surface area contributed by atoms with Crippen LogP contribution in [0.25, 0.3) is 10.8 Å². The first-order chi connectivity index (χ1) is 8.34. The minimum atomic E-state index is 0.0893. The molecular weight excluding hydrogens is 208 g/mol. The minimum Gasteiger partial charge on any atom is -0.323 e. The molecule has 1 saturated carbocycles. The van der Waals surface area contributed by atoms with Crippen LogP contribution in [0.5, 0.6) is 0 Å². The molecule has 1 aromatic carbocycles. The van der Waals surface area contributed by atoms with E-state index < -0.39 is 0 Å². The van der Waals surface area contributed by atoms with Crippen molar-refractivity contribution in [2.24, 2.45) is 11.7 Å². The summed E-state index contributed by atoms with van der Waals surface area (Å²) in [6, 6.07) is 10.5. The first-order valence-corrected chi connectivity index (χ1v) is 6.44. The molecule has 0 spiro atoms. The summed E-state index contributed by atoms with van der Waals surface area (Å²) >= 11 is 0. The van der Waals surface area contributed by atoms with Gasteiger partial charge < -0.3 is 5.73 Å². The predicted molar refractivity (Wildman–Crippen MR) is 70.6 cm³/mol. The summed E-state index contributed by atoms with van der Waals surface area (Å²) in [5.41, 5.74) is 7.37. The molecule has 0 radical (unpaired) electrons. The number of hydrogen-bond donors (Lipinski definition) is 1. The molecule has 1 aliphatic rings. The van der Waals surface area contributed by atoms with Crippen molar-refractivity contribution < 1.29 is 0 Å². The van der Waals surface area contributed by atoms with Gasteiger partial charge in [0.25, 0.3) is 0 Å². The van der Waals surface area contributed by atoms with Crippen LogP contribution in [0.4, 0.5) is 0 Å². The van der Waals surface area contributed by atoms with Gasteiger partial charge in [-0.3, -0.25) is 4.98 Å². The SMILES string of the molecule is NC(CC1CCC1)c1nccc2ccccc12. The number of hydrogen-bond acceptors (Lipinski definition) is 2. The number of fused-ring (bicyclic) bond motifs is 1. The zero-order chi connectivity index (χ0) is 11.7. The Morgan fingerprint density at radius 2 is 2.06 bits per heavy atom. The maximum atomic E-state index is 6.31. The molecule has 1 unspecified atom stereocenters. The van der Waals surface area contributed by atoms with E-state index in [9.17, 15) is 0 Å². The largest absolute Gasteiger partial charge is 0.323 e. The Labute approximate surface area is 102 Å². The standard InChI is InChI=1S/C15H18N2/c16-14(10-11-4-3-5-11)15-13-7-2-1-6-12(13)8-9-17-15/h1-2,6-9,11,14H,3-5,10,16H2. The van der Waals surface area contributed by atoms with E-state index in [0.29, 0.717) is 0 Å². The third-order valence-electron chi connectivity index (χ3n) is 3.87. The van der Waals surface area contributed by atoms with E-state index in [1.165, 1.54) is 30.0 Å². The highest BCUT2D eigenvalue weighted by molar-refractivity contribution is 5.84. The van der Waals surface area contributed by atoms with Crippen molar-refractivity contribution in [3.63, 3.8) is 0 Å². The molecule has 1 atom stereocenters. The molecule has 1 fully saturated rings. The van der Waals surface area contributed by atoms with Gasteiger partial charge in [0, 0.05) is 17.6 Å². The van der Waals surface area contributed by atoms with Gasteiger partial charge in [0.1, 0.15) is 0 Å². The van der Waals surface area contributed by atoms with E-state index in [2.05, 4.69) is 35.3 Å². The van der Waals surface area contributed by atoms with Crippen molar-refractivity contribution in [1.29, 1.82) is 0 Å². The second-order valence-electron chi connectivity index (χ2n) is 5.06. The van der Waals surface area contributed by atoms with Crippen LogP contribution in [-0.2, 0) is 0 Å². The highest BCUT2D eigenvalue weighted by atomic mass is 14.8. The summed E-state index contributed by atoms with van der Waals surface area (Å²) in [5, 5.41) is 2.45. The van der Waals surface area contributed by atoms with Crippen LogP contribution in [-0.4, -0.2) is 4.98 Å². The topological polar surface area (TPSA) is 38.9 Å². The van der Waals surface area contributed by atoms with Gasteiger partial charge in [-0.15, -0.1) is 0 Å². The molecule has 1 heterocycles. The molecular formula is C15H18N2. The van der Waals surface area contributed by atoms with Crippen molar-refractivity contribution in [1.82, 2.24) is 4.98 Å². The fourth-order valence-electron chi connectivity index (χ4n) is 2.64. The number of aromatic nitrogens is 1. The van der Waals surface area contributed by atoms with Crippen molar-refractivity contribution in [2.75, 3.05) is 0 Å².